The largest absolute Gasteiger partial charge is 0.374 e. The number of nitrogens with zero attached hydrogens (tertiary/aromatic N) is 2. The van der Waals surface area contributed by atoms with Gasteiger partial charge in [-0.3, -0.25) is 4.79 Å². The fourth-order valence-corrected chi connectivity index (χ4v) is 5.25. The number of carbonyl (C=O) groups is 1. The van der Waals surface area contributed by atoms with Crippen LogP contribution >= 0.6 is 0 Å². The van der Waals surface area contributed by atoms with E-state index in [9.17, 15) is 9.90 Å². The van der Waals surface area contributed by atoms with Crippen molar-refractivity contribution in [2.75, 3.05) is 5.32 Å². The molecule has 0 saturated heterocycles. The van der Waals surface area contributed by atoms with Gasteiger partial charge in [0.25, 0.3) is 0 Å². The average Bonchev–Trinajstić information content (AvgIpc) is 3.37. The number of aliphatic hydroxyl groups excluding tert-OH is 1. The fourth-order valence-electron chi connectivity index (χ4n) is 5.25. The number of hydrogen-bond donors (Lipinski definition) is 2. The van der Waals surface area contributed by atoms with E-state index in [1.807, 2.05) is 38.1 Å². The first-order chi connectivity index (χ1) is 14.5. The summed E-state index contributed by atoms with van der Waals surface area (Å²) >= 11 is 0. The van der Waals surface area contributed by atoms with Crippen molar-refractivity contribution in [3.8, 4) is 11.1 Å². The molecule has 5 nitrogen and oxygen atoms in total. The highest BCUT2D eigenvalue weighted by Gasteiger charge is 2.54. The Labute approximate surface area is 176 Å². The summed E-state index contributed by atoms with van der Waals surface area (Å²) in [4.78, 5) is 12.8. The van der Waals surface area contributed by atoms with Gasteiger partial charge in [-0.2, -0.15) is 5.10 Å². The third-order valence-electron chi connectivity index (χ3n) is 6.97. The summed E-state index contributed by atoms with van der Waals surface area (Å²) in [6.07, 6.45) is 4.12. The van der Waals surface area contributed by atoms with Crippen LogP contribution in [0.3, 0.4) is 0 Å². The predicted molar refractivity (Wildman–Crippen MR) is 117 cm³/mol. The highest BCUT2D eigenvalue weighted by atomic mass is 16.3. The van der Waals surface area contributed by atoms with E-state index in [4.69, 9.17) is 0 Å². The number of aromatic nitrogens is 2. The van der Waals surface area contributed by atoms with Crippen molar-refractivity contribution in [1.29, 1.82) is 0 Å². The Balaban J connectivity index is 1.30. The van der Waals surface area contributed by atoms with E-state index in [0.717, 1.165) is 34.6 Å². The normalized spacial score (nSPS) is 18.4. The molecule has 1 spiro atoms. The molecule has 1 saturated carbocycles. The molecule has 2 aromatic carbocycles. The molecule has 2 N–H and O–H groups in total. The molecular formula is C25H27N3O2. The first kappa shape index (κ1) is 19.1. The van der Waals surface area contributed by atoms with Crippen molar-refractivity contribution in [3.05, 3.63) is 71.0 Å². The summed E-state index contributed by atoms with van der Waals surface area (Å²) < 4.78 is 1.59. The van der Waals surface area contributed by atoms with Crippen LogP contribution in [0, 0.1) is 19.3 Å². The molecule has 0 radical (unpaired) electrons. The first-order valence-corrected chi connectivity index (χ1v) is 10.6. The van der Waals surface area contributed by atoms with Crippen LogP contribution < -0.4 is 5.32 Å². The Hall–Kier alpha value is -2.92. The lowest BCUT2D eigenvalue weighted by Crippen LogP contribution is -2.19. The Morgan fingerprint density at radius 1 is 1.17 bits per heavy atom. The van der Waals surface area contributed by atoms with Crippen LogP contribution in [0.1, 0.15) is 47.7 Å². The Kier molecular flexibility index (Phi) is 4.51. The molecule has 0 aliphatic heterocycles. The quantitative estimate of drug-likeness (QED) is 0.658. The van der Waals surface area contributed by atoms with Crippen LogP contribution in [-0.4, -0.2) is 20.8 Å². The summed E-state index contributed by atoms with van der Waals surface area (Å²) in [6.45, 7) is 3.76. The van der Waals surface area contributed by atoms with Gasteiger partial charge in [0.05, 0.1) is 5.69 Å². The van der Waals surface area contributed by atoms with Crippen LogP contribution in [0.5, 0.6) is 0 Å². The van der Waals surface area contributed by atoms with Gasteiger partial charge in [-0.15, -0.1) is 0 Å². The van der Waals surface area contributed by atoms with Gasteiger partial charge in [0.2, 0.25) is 5.91 Å². The molecule has 1 atom stereocenters. The molecule has 1 aromatic heterocycles. The number of anilines is 1. The van der Waals surface area contributed by atoms with Crippen molar-refractivity contribution in [2.24, 2.45) is 5.41 Å². The molecule has 1 fully saturated rings. The molecular weight excluding hydrogens is 374 g/mol. The number of aliphatic hydroxyl groups is 1. The average molecular weight is 402 g/mol. The van der Waals surface area contributed by atoms with Crippen molar-refractivity contribution in [1.82, 2.24) is 9.78 Å². The van der Waals surface area contributed by atoms with Crippen molar-refractivity contribution in [3.63, 3.8) is 0 Å². The second-order valence-electron chi connectivity index (χ2n) is 8.81. The Morgan fingerprint density at radius 3 is 2.57 bits per heavy atom. The van der Waals surface area contributed by atoms with Gasteiger partial charge in [0.15, 0.2) is 0 Å². The van der Waals surface area contributed by atoms with Gasteiger partial charge in [-0.1, -0.05) is 36.4 Å². The van der Waals surface area contributed by atoms with E-state index in [1.165, 1.54) is 24.0 Å². The van der Waals surface area contributed by atoms with Gasteiger partial charge in [-0.05, 0) is 73.3 Å². The van der Waals surface area contributed by atoms with Crippen molar-refractivity contribution < 1.29 is 9.90 Å². The lowest BCUT2D eigenvalue weighted by atomic mass is 9.86. The zero-order valence-electron chi connectivity index (χ0n) is 17.5. The summed E-state index contributed by atoms with van der Waals surface area (Å²) in [5, 5.41) is 16.9. The zero-order valence-corrected chi connectivity index (χ0v) is 17.5. The molecule has 1 unspecified atom stereocenters. The van der Waals surface area contributed by atoms with Crippen LogP contribution in [0.25, 0.3) is 11.1 Å². The molecule has 154 valence electrons. The summed E-state index contributed by atoms with van der Waals surface area (Å²) in [5.74, 6) is 0.416. The Bertz CT molecular complexity index is 1110. The molecule has 30 heavy (non-hydrogen) atoms. The van der Waals surface area contributed by atoms with Crippen LogP contribution in [0.15, 0.2) is 48.5 Å². The summed E-state index contributed by atoms with van der Waals surface area (Å²) in [7, 11) is 0. The molecule has 0 bridgehead atoms. The van der Waals surface area contributed by atoms with E-state index in [-0.39, 0.29) is 12.6 Å². The molecule has 5 rings (SSSR count). The lowest BCUT2D eigenvalue weighted by Gasteiger charge is -2.19. The highest BCUT2D eigenvalue weighted by molar-refractivity contribution is 5.92. The van der Waals surface area contributed by atoms with Gasteiger partial charge < -0.3 is 10.4 Å². The fraction of sp³-hybridized carbons (Fsp3) is 0.360. The standard InChI is InChI=1S/C25H27N3O2/c1-16-24(17(2)28(15-29)27-16)18-7-9-20(10-8-18)26-23(30)13-22-21-6-4-3-5-19(21)14-25(22)11-12-25/h3-10,22,29H,11-15H2,1-2H3,(H,26,30). The molecule has 2 aliphatic carbocycles. The maximum atomic E-state index is 12.8. The topological polar surface area (TPSA) is 67.2 Å². The minimum Gasteiger partial charge on any atom is -0.374 e. The van der Waals surface area contributed by atoms with Crippen LogP contribution in [0.2, 0.25) is 0 Å². The number of benzene rings is 2. The van der Waals surface area contributed by atoms with E-state index in [2.05, 4.69) is 34.7 Å². The third-order valence-corrected chi connectivity index (χ3v) is 6.97. The number of amides is 1. The number of hydrogen-bond acceptors (Lipinski definition) is 3. The number of carbonyl (C=O) groups excluding carboxylic acids is 1. The second-order valence-corrected chi connectivity index (χ2v) is 8.81. The van der Waals surface area contributed by atoms with Gasteiger partial charge in [0.1, 0.15) is 6.73 Å². The van der Waals surface area contributed by atoms with Crippen molar-refractivity contribution in [2.45, 2.75) is 52.2 Å². The smallest absolute Gasteiger partial charge is 0.225 e. The summed E-state index contributed by atoms with van der Waals surface area (Å²) in [5.41, 5.74) is 7.80. The van der Waals surface area contributed by atoms with E-state index >= 15 is 0 Å². The number of nitrogens with one attached hydrogen (secondary N) is 1. The van der Waals surface area contributed by atoms with E-state index < -0.39 is 0 Å². The number of fused-ring (bicyclic) bond motifs is 1. The zero-order chi connectivity index (χ0) is 20.9. The molecule has 5 heteroatoms. The van der Waals surface area contributed by atoms with Crippen LogP contribution in [0.4, 0.5) is 5.69 Å². The molecule has 3 aromatic rings. The maximum Gasteiger partial charge on any atom is 0.225 e. The molecule has 2 aliphatic rings. The van der Waals surface area contributed by atoms with Gasteiger partial charge in [-0.25, -0.2) is 4.68 Å². The van der Waals surface area contributed by atoms with Gasteiger partial charge >= 0.3 is 0 Å². The predicted octanol–water partition coefficient (Wildman–Crippen LogP) is 4.57. The van der Waals surface area contributed by atoms with Gasteiger partial charge in [0, 0.05) is 23.4 Å². The Morgan fingerprint density at radius 2 is 1.90 bits per heavy atom. The maximum absolute atomic E-state index is 12.8. The van der Waals surface area contributed by atoms with Crippen LogP contribution in [-0.2, 0) is 17.9 Å². The first-order valence-electron chi connectivity index (χ1n) is 10.6. The highest BCUT2D eigenvalue weighted by Crippen LogP contribution is 2.64. The monoisotopic (exact) mass is 401 g/mol. The molecule has 1 heterocycles. The van der Waals surface area contributed by atoms with E-state index in [0.29, 0.717) is 17.8 Å². The lowest BCUT2D eigenvalue weighted by molar-refractivity contribution is -0.116. The number of rotatable bonds is 5. The minimum atomic E-state index is -0.132. The SMILES string of the molecule is Cc1nn(CO)c(C)c1-c1ccc(NC(=O)CC2c3ccccc3CC23CC3)cc1. The summed E-state index contributed by atoms with van der Waals surface area (Å²) in [6, 6.07) is 16.5. The minimum absolute atomic E-state index is 0.0798. The van der Waals surface area contributed by atoms with E-state index in [1.54, 1.807) is 4.68 Å². The van der Waals surface area contributed by atoms with Crippen molar-refractivity contribution >= 4 is 11.6 Å². The third kappa shape index (κ3) is 3.14. The second kappa shape index (κ2) is 7.10. The molecule has 1 amide bonds. The number of aryl methyl sites for hydroxylation is 1.